The Bertz CT molecular complexity index is 62.7. The molecular formula is C7H19N3O. The predicted molar refractivity (Wildman–Crippen MR) is 46.5 cm³/mol. The van der Waals surface area contributed by atoms with Crippen LogP contribution in [0.1, 0.15) is 6.42 Å². The van der Waals surface area contributed by atoms with E-state index in [0.717, 1.165) is 32.6 Å². The van der Waals surface area contributed by atoms with Gasteiger partial charge in [-0.05, 0) is 13.0 Å². The van der Waals surface area contributed by atoms with Gasteiger partial charge in [-0.25, -0.2) is 0 Å². The molecule has 0 saturated heterocycles. The molecule has 68 valence electrons. The summed E-state index contributed by atoms with van der Waals surface area (Å²) in [4.78, 5) is 0. The summed E-state index contributed by atoms with van der Waals surface area (Å²) in [6, 6.07) is 0. The third-order valence-electron chi connectivity index (χ3n) is 1.31. The van der Waals surface area contributed by atoms with Gasteiger partial charge in [0.25, 0.3) is 0 Å². The smallest absolute Gasteiger partial charge is 0.0443 e. The summed E-state index contributed by atoms with van der Waals surface area (Å²) < 4.78 is 0. The molecule has 0 aliphatic heterocycles. The molecule has 0 radical (unpaired) electrons. The van der Waals surface area contributed by atoms with Gasteiger partial charge in [-0.15, -0.1) is 0 Å². The van der Waals surface area contributed by atoms with Crippen LogP contribution in [0.25, 0.3) is 0 Å². The first-order chi connectivity index (χ1) is 5.41. The van der Waals surface area contributed by atoms with E-state index in [2.05, 4.69) is 10.6 Å². The maximum atomic E-state index is 8.43. The van der Waals surface area contributed by atoms with Crippen molar-refractivity contribution in [3.63, 3.8) is 0 Å². The van der Waals surface area contributed by atoms with Gasteiger partial charge in [0.2, 0.25) is 0 Å². The number of nitrogens with two attached hydrogens (primary N) is 1. The maximum Gasteiger partial charge on any atom is 0.0443 e. The second-order valence-corrected chi connectivity index (χ2v) is 2.37. The van der Waals surface area contributed by atoms with Crippen LogP contribution in [0, 0.1) is 0 Å². The molecule has 0 saturated carbocycles. The molecule has 0 aromatic rings. The topological polar surface area (TPSA) is 70.3 Å². The molecule has 4 heteroatoms. The molecule has 0 aliphatic rings. The van der Waals surface area contributed by atoms with Crippen LogP contribution in [0.2, 0.25) is 0 Å². The average Bonchev–Trinajstić information content (AvgIpc) is 2.03. The molecule has 0 bridgehead atoms. The van der Waals surface area contributed by atoms with Crippen molar-refractivity contribution in [2.75, 3.05) is 39.3 Å². The highest BCUT2D eigenvalue weighted by Gasteiger charge is 1.85. The lowest BCUT2D eigenvalue weighted by molar-refractivity contribution is 0.286. The van der Waals surface area contributed by atoms with Gasteiger partial charge in [0.05, 0.1) is 0 Å². The Morgan fingerprint density at radius 3 is 2.18 bits per heavy atom. The van der Waals surface area contributed by atoms with Crippen LogP contribution in [-0.2, 0) is 0 Å². The molecule has 11 heavy (non-hydrogen) atoms. The highest BCUT2D eigenvalue weighted by molar-refractivity contribution is 4.51. The Kier molecular flexibility index (Phi) is 9.70. The molecule has 0 aromatic heterocycles. The second-order valence-electron chi connectivity index (χ2n) is 2.37. The van der Waals surface area contributed by atoms with Crippen LogP contribution in [-0.4, -0.2) is 44.4 Å². The van der Waals surface area contributed by atoms with E-state index in [0.29, 0.717) is 6.54 Å². The summed E-state index contributed by atoms with van der Waals surface area (Å²) in [6.45, 7) is 4.62. The minimum atomic E-state index is 0.267. The minimum Gasteiger partial charge on any atom is -0.396 e. The maximum absolute atomic E-state index is 8.43. The Balaban J connectivity index is 2.69. The first kappa shape index (κ1) is 10.8. The van der Waals surface area contributed by atoms with E-state index in [4.69, 9.17) is 10.8 Å². The molecular weight excluding hydrogens is 142 g/mol. The quantitative estimate of drug-likeness (QED) is 0.327. The van der Waals surface area contributed by atoms with Gasteiger partial charge in [-0.2, -0.15) is 0 Å². The Labute approximate surface area is 68.2 Å². The fourth-order valence-electron chi connectivity index (χ4n) is 0.733. The van der Waals surface area contributed by atoms with Crippen molar-refractivity contribution in [3.05, 3.63) is 0 Å². The molecule has 0 fully saturated rings. The molecule has 0 amide bonds. The van der Waals surface area contributed by atoms with Gasteiger partial charge in [0.1, 0.15) is 0 Å². The molecule has 5 N–H and O–H groups in total. The predicted octanol–water partition coefficient (Wildman–Crippen LogP) is -1.49. The van der Waals surface area contributed by atoms with Crippen molar-refractivity contribution in [2.24, 2.45) is 5.73 Å². The first-order valence-electron chi connectivity index (χ1n) is 4.14. The van der Waals surface area contributed by atoms with E-state index in [9.17, 15) is 0 Å². The van der Waals surface area contributed by atoms with Crippen LogP contribution in [0.15, 0.2) is 0 Å². The van der Waals surface area contributed by atoms with Crippen molar-refractivity contribution in [1.82, 2.24) is 10.6 Å². The van der Waals surface area contributed by atoms with Crippen LogP contribution in [0.5, 0.6) is 0 Å². The number of aliphatic hydroxyl groups excluding tert-OH is 1. The van der Waals surface area contributed by atoms with Crippen LogP contribution in [0.3, 0.4) is 0 Å². The highest BCUT2D eigenvalue weighted by Crippen LogP contribution is 1.69. The standard InChI is InChI=1S/C7H19N3O/c8-2-4-10-6-5-9-3-1-7-11/h9-11H,1-8H2. The largest absolute Gasteiger partial charge is 0.396 e. The van der Waals surface area contributed by atoms with E-state index in [1.54, 1.807) is 0 Å². The number of aliphatic hydroxyl groups is 1. The summed E-state index contributed by atoms with van der Waals surface area (Å²) in [5.41, 5.74) is 5.27. The van der Waals surface area contributed by atoms with Gasteiger partial charge in [0.15, 0.2) is 0 Å². The van der Waals surface area contributed by atoms with Crippen molar-refractivity contribution in [2.45, 2.75) is 6.42 Å². The van der Waals surface area contributed by atoms with Crippen molar-refractivity contribution in [3.8, 4) is 0 Å². The van der Waals surface area contributed by atoms with Crippen LogP contribution < -0.4 is 16.4 Å². The van der Waals surface area contributed by atoms with E-state index in [1.807, 2.05) is 0 Å². The van der Waals surface area contributed by atoms with E-state index in [1.165, 1.54) is 0 Å². The fraction of sp³-hybridized carbons (Fsp3) is 1.00. The monoisotopic (exact) mass is 161 g/mol. The summed E-state index contributed by atoms with van der Waals surface area (Å²) in [5.74, 6) is 0. The number of rotatable bonds is 8. The third-order valence-corrected chi connectivity index (χ3v) is 1.31. The summed E-state index contributed by atoms with van der Waals surface area (Å²) in [6.07, 6.45) is 0.830. The van der Waals surface area contributed by atoms with Crippen LogP contribution >= 0.6 is 0 Å². The van der Waals surface area contributed by atoms with E-state index >= 15 is 0 Å². The Hall–Kier alpha value is -0.160. The van der Waals surface area contributed by atoms with E-state index in [-0.39, 0.29) is 6.61 Å². The lowest BCUT2D eigenvalue weighted by Gasteiger charge is -2.03. The molecule has 0 aliphatic carbocycles. The fourth-order valence-corrected chi connectivity index (χ4v) is 0.733. The van der Waals surface area contributed by atoms with Crippen molar-refractivity contribution in [1.29, 1.82) is 0 Å². The normalized spacial score (nSPS) is 10.4. The lowest BCUT2D eigenvalue weighted by Crippen LogP contribution is -2.31. The molecule has 0 atom stereocenters. The average molecular weight is 161 g/mol. The minimum absolute atomic E-state index is 0.267. The second kappa shape index (κ2) is 9.84. The molecule has 0 unspecified atom stereocenters. The molecule has 4 nitrogen and oxygen atoms in total. The first-order valence-corrected chi connectivity index (χ1v) is 4.14. The lowest BCUT2D eigenvalue weighted by atomic mass is 10.4. The molecule has 0 spiro atoms. The van der Waals surface area contributed by atoms with Gasteiger partial charge in [-0.3, -0.25) is 0 Å². The SMILES string of the molecule is NCCNCCNCCCO. The summed E-state index contributed by atoms with van der Waals surface area (Å²) in [7, 11) is 0. The number of nitrogens with one attached hydrogen (secondary N) is 2. The number of hydrogen-bond donors (Lipinski definition) is 4. The zero-order valence-corrected chi connectivity index (χ0v) is 6.97. The number of hydrogen-bond acceptors (Lipinski definition) is 4. The highest BCUT2D eigenvalue weighted by atomic mass is 16.3. The van der Waals surface area contributed by atoms with E-state index < -0.39 is 0 Å². The van der Waals surface area contributed by atoms with Crippen LogP contribution in [0.4, 0.5) is 0 Å². The third kappa shape index (κ3) is 9.84. The summed E-state index contributed by atoms with van der Waals surface area (Å²) >= 11 is 0. The van der Waals surface area contributed by atoms with Crippen molar-refractivity contribution >= 4 is 0 Å². The van der Waals surface area contributed by atoms with Gasteiger partial charge < -0.3 is 21.5 Å². The zero-order chi connectivity index (χ0) is 8.36. The van der Waals surface area contributed by atoms with Gasteiger partial charge >= 0.3 is 0 Å². The van der Waals surface area contributed by atoms with Crippen molar-refractivity contribution < 1.29 is 5.11 Å². The summed E-state index contributed by atoms with van der Waals surface area (Å²) in [5, 5.41) is 14.8. The molecule has 0 heterocycles. The van der Waals surface area contributed by atoms with Gasteiger partial charge in [0, 0.05) is 32.8 Å². The molecule has 0 rings (SSSR count). The Morgan fingerprint density at radius 1 is 1.00 bits per heavy atom. The Morgan fingerprint density at radius 2 is 1.64 bits per heavy atom. The van der Waals surface area contributed by atoms with Gasteiger partial charge in [-0.1, -0.05) is 0 Å². The molecule has 0 aromatic carbocycles. The zero-order valence-electron chi connectivity index (χ0n) is 6.97.